The fourth-order valence-corrected chi connectivity index (χ4v) is 3.20. The first-order valence-corrected chi connectivity index (χ1v) is 9.43. The summed E-state index contributed by atoms with van der Waals surface area (Å²) >= 11 is 0. The molecule has 0 aromatic rings. The minimum absolute atomic E-state index is 0.0449. The van der Waals surface area contributed by atoms with Gasteiger partial charge in [-0.25, -0.2) is 0 Å². The Morgan fingerprint density at radius 1 is 0.714 bits per heavy atom. The van der Waals surface area contributed by atoms with Gasteiger partial charge in [0, 0.05) is 7.11 Å². The van der Waals surface area contributed by atoms with Crippen LogP contribution in [-0.2, 0) is 4.74 Å². The largest absolute Gasteiger partial charge is 0.394 e. The fourth-order valence-electron chi connectivity index (χ4n) is 3.20. The topological polar surface area (TPSA) is 29.5 Å². The smallest absolute Gasteiger partial charge is 0.0830 e. The van der Waals surface area contributed by atoms with Crippen molar-refractivity contribution in [3.8, 4) is 0 Å². The highest BCUT2D eigenvalue weighted by molar-refractivity contribution is 4.69. The molecule has 0 fully saturated rings. The van der Waals surface area contributed by atoms with E-state index in [-0.39, 0.29) is 12.7 Å². The molecule has 1 N–H and O–H groups in total. The average Bonchev–Trinajstić information content (AvgIpc) is 2.50. The summed E-state index contributed by atoms with van der Waals surface area (Å²) in [6.45, 7) is 4.66. The number of aliphatic hydroxyl groups is 1. The second-order valence-corrected chi connectivity index (χ2v) is 6.48. The molecule has 0 saturated carbocycles. The molecular weight excluding hydrogens is 260 g/mol. The van der Waals surface area contributed by atoms with Crippen molar-refractivity contribution in [2.45, 2.75) is 103 Å². The molecule has 2 heteroatoms. The average molecular weight is 301 g/mol. The third-order valence-corrected chi connectivity index (χ3v) is 4.60. The first-order valence-electron chi connectivity index (χ1n) is 9.43. The lowest BCUT2D eigenvalue weighted by molar-refractivity contribution is 0.00116. The van der Waals surface area contributed by atoms with Crippen LogP contribution in [-0.4, -0.2) is 24.9 Å². The van der Waals surface area contributed by atoms with Gasteiger partial charge >= 0.3 is 0 Å². The molecule has 0 aliphatic carbocycles. The second kappa shape index (κ2) is 16.3. The molecule has 0 bridgehead atoms. The molecule has 128 valence electrons. The molecule has 0 saturated heterocycles. The maximum absolute atomic E-state index is 9.36. The molecule has 2 unspecified atom stereocenters. The summed E-state index contributed by atoms with van der Waals surface area (Å²) in [5.41, 5.74) is 0. The SMILES string of the molecule is CCCCCCCCCCCCC(CCC)C(CO)OC. The van der Waals surface area contributed by atoms with E-state index in [1.807, 2.05) is 0 Å². The van der Waals surface area contributed by atoms with Gasteiger partial charge in [0.1, 0.15) is 0 Å². The van der Waals surface area contributed by atoms with Crippen molar-refractivity contribution in [3.05, 3.63) is 0 Å². The Bertz CT molecular complexity index is 190. The van der Waals surface area contributed by atoms with Crippen LogP contribution in [0.5, 0.6) is 0 Å². The minimum Gasteiger partial charge on any atom is -0.394 e. The molecule has 0 aliphatic rings. The normalized spacial score (nSPS) is 14.3. The molecule has 21 heavy (non-hydrogen) atoms. The van der Waals surface area contributed by atoms with Crippen molar-refractivity contribution >= 4 is 0 Å². The van der Waals surface area contributed by atoms with Gasteiger partial charge in [0.2, 0.25) is 0 Å². The lowest BCUT2D eigenvalue weighted by atomic mass is 9.91. The van der Waals surface area contributed by atoms with E-state index in [1.165, 1.54) is 83.5 Å². The van der Waals surface area contributed by atoms with Crippen molar-refractivity contribution in [3.63, 3.8) is 0 Å². The van der Waals surface area contributed by atoms with E-state index >= 15 is 0 Å². The summed E-state index contributed by atoms with van der Waals surface area (Å²) in [6, 6.07) is 0. The Hall–Kier alpha value is -0.0800. The van der Waals surface area contributed by atoms with E-state index in [1.54, 1.807) is 7.11 Å². The maximum Gasteiger partial charge on any atom is 0.0830 e. The number of unbranched alkanes of at least 4 members (excludes halogenated alkanes) is 9. The van der Waals surface area contributed by atoms with Crippen LogP contribution in [0.15, 0.2) is 0 Å². The Morgan fingerprint density at radius 2 is 1.24 bits per heavy atom. The molecule has 0 radical (unpaired) electrons. The highest BCUT2D eigenvalue weighted by Crippen LogP contribution is 2.22. The monoisotopic (exact) mass is 300 g/mol. The van der Waals surface area contributed by atoms with Gasteiger partial charge in [0.15, 0.2) is 0 Å². The predicted octanol–water partition coefficient (Wildman–Crippen LogP) is 5.72. The molecule has 0 spiro atoms. The second-order valence-electron chi connectivity index (χ2n) is 6.48. The lowest BCUT2D eigenvalue weighted by Gasteiger charge is -2.24. The minimum atomic E-state index is 0.0449. The summed E-state index contributed by atoms with van der Waals surface area (Å²) in [6.07, 6.45) is 17.5. The maximum atomic E-state index is 9.36. The van der Waals surface area contributed by atoms with Crippen molar-refractivity contribution in [2.24, 2.45) is 5.92 Å². The van der Waals surface area contributed by atoms with Crippen LogP contribution in [0, 0.1) is 5.92 Å². The lowest BCUT2D eigenvalue weighted by Crippen LogP contribution is -2.26. The van der Waals surface area contributed by atoms with Crippen LogP contribution in [0.4, 0.5) is 0 Å². The van der Waals surface area contributed by atoms with Crippen LogP contribution in [0.2, 0.25) is 0 Å². The summed E-state index contributed by atoms with van der Waals surface area (Å²) < 4.78 is 5.41. The van der Waals surface area contributed by atoms with E-state index in [0.29, 0.717) is 5.92 Å². The van der Waals surface area contributed by atoms with Gasteiger partial charge in [0.05, 0.1) is 12.7 Å². The van der Waals surface area contributed by atoms with Gasteiger partial charge in [-0.3, -0.25) is 0 Å². The number of aliphatic hydroxyl groups excluding tert-OH is 1. The van der Waals surface area contributed by atoms with Gasteiger partial charge in [-0.2, -0.15) is 0 Å². The Kier molecular flexibility index (Phi) is 16.2. The van der Waals surface area contributed by atoms with Crippen molar-refractivity contribution in [1.82, 2.24) is 0 Å². The summed E-state index contributed by atoms with van der Waals surface area (Å²) in [4.78, 5) is 0. The van der Waals surface area contributed by atoms with Crippen LogP contribution < -0.4 is 0 Å². The fraction of sp³-hybridized carbons (Fsp3) is 1.00. The highest BCUT2D eigenvalue weighted by atomic mass is 16.5. The Morgan fingerprint density at radius 3 is 1.67 bits per heavy atom. The Labute approximate surface area is 133 Å². The highest BCUT2D eigenvalue weighted by Gasteiger charge is 2.18. The molecule has 2 atom stereocenters. The molecule has 0 aromatic carbocycles. The molecule has 0 heterocycles. The number of rotatable bonds is 16. The van der Waals surface area contributed by atoms with Gasteiger partial charge in [-0.1, -0.05) is 84.5 Å². The van der Waals surface area contributed by atoms with Gasteiger partial charge in [-0.05, 0) is 18.8 Å². The molecule has 2 nitrogen and oxygen atoms in total. The summed E-state index contributed by atoms with van der Waals surface area (Å²) in [5.74, 6) is 0.541. The van der Waals surface area contributed by atoms with Crippen LogP contribution >= 0.6 is 0 Å². The molecule has 0 amide bonds. The van der Waals surface area contributed by atoms with E-state index in [0.717, 1.165) is 0 Å². The van der Waals surface area contributed by atoms with Crippen LogP contribution in [0.25, 0.3) is 0 Å². The summed E-state index contributed by atoms with van der Waals surface area (Å²) in [5, 5.41) is 9.36. The zero-order chi connectivity index (χ0) is 15.8. The van der Waals surface area contributed by atoms with E-state index in [2.05, 4.69) is 13.8 Å². The van der Waals surface area contributed by atoms with Gasteiger partial charge < -0.3 is 9.84 Å². The zero-order valence-corrected chi connectivity index (χ0v) is 14.9. The predicted molar refractivity (Wildman–Crippen MR) is 92.7 cm³/mol. The molecular formula is C19H40O2. The van der Waals surface area contributed by atoms with Gasteiger partial charge in [0.25, 0.3) is 0 Å². The molecule has 0 aliphatic heterocycles. The molecule has 0 aromatic heterocycles. The third kappa shape index (κ3) is 12.2. The number of methoxy groups -OCH3 is 1. The molecule has 0 rings (SSSR count). The number of hydrogen-bond acceptors (Lipinski definition) is 2. The van der Waals surface area contributed by atoms with Crippen LogP contribution in [0.3, 0.4) is 0 Å². The number of ether oxygens (including phenoxy) is 1. The zero-order valence-electron chi connectivity index (χ0n) is 14.9. The van der Waals surface area contributed by atoms with E-state index in [4.69, 9.17) is 4.74 Å². The standard InChI is InChI=1S/C19H40O2/c1-4-6-7-8-9-10-11-12-13-14-16-18(15-5-2)19(17-20)21-3/h18-20H,4-17H2,1-3H3. The van der Waals surface area contributed by atoms with E-state index in [9.17, 15) is 5.11 Å². The third-order valence-electron chi connectivity index (χ3n) is 4.60. The first-order chi connectivity index (χ1) is 10.3. The van der Waals surface area contributed by atoms with Crippen molar-refractivity contribution in [1.29, 1.82) is 0 Å². The number of hydrogen-bond donors (Lipinski definition) is 1. The van der Waals surface area contributed by atoms with Crippen LogP contribution in [0.1, 0.15) is 97.3 Å². The van der Waals surface area contributed by atoms with E-state index < -0.39 is 0 Å². The van der Waals surface area contributed by atoms with Crippen molar-refractivity contribution in [2.75, 3.05) is 13.7 Å². The Balaban J connectivity index is 3.49. The quantitative estimate of drug-likeness (QED) is 0.369. The summed E-state index contributed by atoms with van der Waals surface area (Å²) in [7, 11) is 1.72. The first kappa shape index (κ1) is 20.9. The van der Waals surface area contributed by atoms with Gasteiger partial charge in [-0.15, -0.1) is 0 Å². The van der Waals surface area contributed by atoms with Crippen molar-refractivity contribution < 1.29 is 9.84 Å².